The third-order valence-corrected chi connectivity index (χ3v) is 5.12. The molecule has 2 heterocycles. The van der Waals surface area contributed by atoms with Crippen LogP contribution in [-0.4, -0.2) is 36.6 Å². The molecule has 0 spiro atoms. The molecule has 0 radical (unpaired) electrons. The maximum Gasteiger partial charge on any atom is 0.254 e. The zero-order valence-corrected chi connectivity index (χ0v) is 16.0. The smallest absolute Gasteiger partial charge is 0.254 e. The van der Waals surface area contributed by atoms with Gasteiger partial charge in [-0.05, 0) is 55.0 Å². The number of aromatic nitrogens is 1. The molecule has 27 heavy (non-hydrogen) atoms. The minimum absolute atomic E-state index is 0.0157. The van der Waals surface area contributed by atoms with Crippen molar-refractivity contribution in [3.8, 4) is 11.3 Å². The highest BCUT2D eigenvalue weighted by atomic mass is 35.5. The van der Waals surface area contributed by atoms with Crippen LogP contribution in [-0.2, 0) is 13.0 Å². The Kier molecular flexibility index (Phi) is 4.62. The molecule has 5 nitrogen and oxygen atoms in total. The van der Waals surface area contributed by atoms with Crippen LogP contribution in [0.2, 0.25) is 5.02 Å². The molecule has 0 fully saturated rings. The molecule has 138 valence electrons. The molecule has 1 amide bonds. The van der Waals surface area contributed by atoms with Crippen molar-refractivity contribution in [2.45, 2.75) is 13.0 Å². The summed E-state index contributed by atoms with van der Waals surface area (Å²) in [5.74, 6) is 0.783. The van der Waals surface area contributed by atoms with Gasteiger partial charge in [-0.1, -0.05) is 16.8 Å². The number of nitrogens with zero attached hydrogens (tertiary/aromatic N) is 3. The van der Waals surface area contributed by atoms with Gasteiger partial charge in [0.05, 0.1) is 6.54 Å². The highest BCUT2D eigenvalue weighted by Crippen LogP contribution is 2.31. The van der Waals surface area contributed by atoms with Crippen LogP contribution in [0.25, 0.3) is 11.3 Å². The second-order valence-electron chi connectivity index (χ2n) is 6.86. The van der Waals surface area contributed by atoms with Gasteiger partial charge in [-0.2, -0.15) is 0 Å². The van der Waals surface area contributed by atoms with Crippen molar-refractivity contribution in [2.75, 3.05) is 25.5 Å². The number of rotatable bonds is 3. The monoisotopic (exact) mass is 381 g/mol. The Morgan fingerprint density at radius 2 is 1.81 bits per heavy atom. The number of benzene rings is 2. The first-order chi connectivity index (χ1) is 13.0. The molecule has 3 aromatic rings. The van der Waals surface area contributed by atoms with Gasteiger partial charge in [-0.3, -0.25) is 4.79 Å². The Morgan fingerprint density at radius 1 is 1.11 bits per heavy atom. The Bertz CT molecular complexity index is 962. The van der Waals surface area contributed by atoms with Crippen molar-refractivity contribution >= 4 is 23.2 Å². The van der Waals surface area contributed by atoms with Gasteiger partial charge >= 0.3 is 0 Å². The number of amides is 1. The second kappa shape index (κ2) is 7.08. The molecule has 0 saturated heterocycles. The van der Waals surface area contributed by atoms with E-state index in [-0.39, 0.29) is 5.91 Å². The number of carbonyl (C=O) groups is 1. The van der Waals surface area contributed by atoms with E-state index in [0.717, 1.165) is 34.7 Å². The average Bonchev–Trinajstić information content (AvgIpc) is 3.11. The Balaban J connectivity index is 1.53. The lowest BCUT2D eigenvalue weighted by Crippen LogP contribution is -2.36. The lowest BCUT2D eigenvalue weighted by atomic mass is 10.00. The van der Waals surface area contributed by atoms with E-state index in [4.69, 9.17) is 16.1 Å². The van der Waals surface area contributed by atoms with E-state index < -0.39 is 0 Å². The first-order valence-electron chi connectivity index (χ1n) is 8.83. The zero-order valence-electron chi connectivity index (χ0n) is 15.3. The van der Waals surface area contributed by atoms with E-state index in [0.29, 0.717) is 23.7 Å². The summed E-state index contributed by atoms with van der Waals surface area (Å²) in [5, 5.41) is 4.90. The Hall–Kier alpha value is -2.79. The van der Waals surface area contributed by atoms with Crippen molar-refractivity contribution < 1.29 is 9.32 Å². The number of halogens is 1. The van der Waals surface area contributed by atoms with Gasteiger partial charge in [-0.25, -0.2) is 0 Å². The highest BCUT2D eigenvalue weighted by Gasteiger charge is 2.27. The van der Waals surface area contributed by atoms with E-state index in [1.165, 1.54) is 0 Å². The fourth-order valence-electron chi connectivity index (χ4n) is 3.32. The minimum atomic E-state index is 0.0157. The Morgan fingerprint density at radius 3 is 2.48 bits per heavy atom. The standard InChI is InChI=1S/C21H20ClN3O2/c1-24(2)17-9-5-15(6-10-17)21(26)25-12-11-18-19(13-25)23-27-20(18)14-3-7-16(22)8-4-14/h3-10H,11-13H2,1-2H3. The van der Waals surface area contributed by atoms with Crippen LogP contribution in [0.1, 0.15) is 21.6 Å². The SMILES string of the molecule is CN(C)c1ccc(C(=O)N2CCc3c(noc3-c3ccc(Cl)cc3)C2)cc1. The molecule has 0 unspecified atom stereocenters. The molecule has 0 saturated carbocycles. The summed E-state index contributed by atoms with van der Waals surface area (Å²) in [6.45, 7) is 1.10. The average molecular weight is 382 g/mol. The third-order valence-electron chi connectivity index (χ3n) is 4.87. The first-order valence-corrected chi connectivity index (χ1v) is 9.21. The normalized spacial score (nSPS) is 13.4. The molecule has 0 aliphatic carbocycles. The van der Waals surface area contributed by atoms with Crippen LogP contribution in [0, 0.1) is 0 Å². The van der Waals surface area contributed by atoms with Crippen LogP contribution in [0.15, 0.2) is 53.1 Å². The van der Waals surface area contributed by atoms with Crippen LogP contribution in [0.4, 0.5) is 5.69 Å². The molecular formula is C21H20ClN3O2. The number of anilines is 1. The van der Waals surface area contributed by atoms with E-state index in [1.807, 2.05) is 72.4 Å². The number of hydrogen-bond acceptors (Lipinski definition) is 4. The molecule has 1 aliphatic heterocycles. The molecule has 4 rings (SSSR count). The lowest BCUT2D eigenvalue weighted by Gasteiger charge is -2.26. The van der Waals surface area contributed by atoms with Gasteiger partial charge in [0, 0.05) is 48.0 Å². The van der Waals surface area contributed by atoms with E-state index in [1.54, 1.807) is 0 Å². The molecular weight excluding hydrogens is 362 g/mol. The minimum Gasteiger partial charge on any atom is -0.378 e. The van der Waals surface area contributed by atoms with Gasteiger partial charge in [0.25, 0.3) is 5.91 Å². The summed E-state index contributed by atoms with van der Waals surface area (Å²) in [4.78, 5) is 16.7. The molecule has 6 heteroatoms. The van der Waals surface area contributed by atoms with Crippen molar-refractivity contribution in [1.29, 1.82) is 0 Å². The fourth-order valence-corrected chi connectivity index (χ4v) is 3.44. The highest BCUT2D eigenvalue weighted by molar-refractivity contribution is 6.30. The predicted molar refractivity (Wildman–Crippen MR) is 106 cm³/mol. The summed E-state index contributed by atoms with van der Waals surface area (Å²) >= 11 is 5.96. The zero-order chi connectivity index (χ0) is 19.0. The summed E-state index contributed by atoms with van der Waals surface area (Å²) in [5.41, 5.74) is 4.60. The second-order valence-corrected chi connectivity index (χ2v) is 7.30. The van der Waals surface area contributed by atoms with Crippen molar-refractivity contribution in [3.05, 3.63) is 70.4 Å². The molecule has 0 bridgehead atoms. The molecule has 0 N–H and O–H groups in total. The maximum absolute atomic E-state index is 12.8. The van der Waals surface area contributed by atoms with Crippen LogP contribution >= 0.6 is 11.6 Å². The lowest BCUT2D eigenvalue weighted by molar-refractivity contribution is 0.0731. The van der Waals surface area contributed by atoms with Gasteiger partial charge in [0.2, 0.25) is 0 Å². The van der Waals surface area contributed by atoms with Gasteiger partial charge in [0.1, 0.15) is 5.69 Å². The molecule has 1 aliphatic rings. The molecule has 2 aromatic carbocycles. The van der Waals surface area contributed by atoms with Gasteiger partial charge in [0.15, 0.2) is 5.76 Å². The maximum atomic E-state index is 12.8. The predicted octanol–water partition coefficient (Wildman–Crippen LogP) is 4.26. The summed E-state index contributed by atoms with van der Waals surface area (Å²) in [6, 6.07) is 15.2. The van der Waals surface area contributed by atoms with Crippen molar-refractivity contribution in [2.24, 2.45) is 0 Å². The molecule has 1 aromatic heterocycles. The Labute approximate surface area is 163 Å². The van der Waals surface area contributed by atoms with Gasteiger partial charge in [-0.15, -0.1) is 0 Å². The summed E-state index contributed by atoms with van der Waals surface area (Å²) in [7, 11) is 3.96. The third kappa shape index (κ3) is 3.43. The number of fused-ring (bicyclic) bond motifs is 1. The van der Waals surface area contributed by atoms with Crippen LogP contribution < -0.4 is 4.90 Å². The molecule has 0 atom stereocenters. The largest absolute Gasteiger partial charge is 0.378 e. The first kappa shape index (κ1) is 17.6. The van der Waals surface area contributed by atoms with E-state index >= 15 is 0 Å². The quantitative estimate of drug-likeness (QED) is 0.680. The topological polar surface area (TPSA) is 49.6 Å². The van der Waals surface area contributed by atoms with Crippen molar-refractivity contribution in [3.63, 3.8) is 0 Å². The van der Waals surface area contributed by atoms with E-state index in [9.17, 15) is 4.79 Å². The number of carbonyl (C=O) groups excluding carboxylic acids is 1. The van der Waals surface area contributed by atoms with Crippen LogP contribution in [0.5, 0.6) is 0 Å². The van der Waals surface area contributed by atoms with E-state index in [2.05, 4.69) is 5.16 Å². The fraction of sp³-hybridized carbons (Fsp3) is 0.238. The van der Waals surface area contributed by atoms with Crippen molar-refractivity contribution in [1.82, 2.24) is 10.1 Å². The summed E-state index contributed by atoms with van der Waals surface area (Å²) < 4.78 is 5.58. The van der Waals surface area contributed by atoms with Crippen LogP contribution in [0.3, 0.4) is 0 Å². The van der Waals surface area contributed by atoms with Gasteiger partial charge < -0.3 is 14.3 Å². The number of hydrogen-bond donors (Lipinski definition) is 0. The summed E-state index contributed by atoms with van der Waals surface area (Å²) in [6.07, 6.45) is 0.721.